The van der Waals surface area contributed by atoms with Gasteiger partial charge in [-0.15, -0.1) is 0 Å². The third-order valence-electron chi connectivity index (χ3n) is 5.03. The van der Waals surface area contributed by atoms with E-state index in [9.17, 15) is 18.0 Å². The molecule has 1 saturated carbocycles. The Morgan fingerprint density at radius 2 is 1.73 bits per heavy atom. The minimum atomic E-state index is -4.40. The first-order valence-electron chi connectivity index (χ1n) is 9.04. The normalized spacial score (nSPS) is 20.7. The molecule has 1 aliphatic rings. The lowest BCUT2D eigenvalue weighted by molar-refractivity contribution is -0.137. The Kier molecular flexibility index (Phi) is 7.32. The SMILES string of the molecule is CNC[C@H]1CC[C@H](CCN(C)C(=O)Oc2ccc(C(F)(F)F)cc2)CC1. The summed E-state index contributed by atoms with van der Waals surface area (Å²) in [5.74, 6) is 1.48. The number of halogens is 3. The number of ether oxygens (including phenoxy) is 1. The number of alkyl halides is 3. The molecule has 1 aliphatic carbocycles. The van der Waals surface area contributed by atoms with Crippen molar-refractivity contribution in [3.05, 3.63) is 29.8 Å². The first-order valence-corrected chi connectivity index (χ1v) is 9.04. The van der Waals surface area contributed by atoms with Crippen molar-refractivity contribution in [2.24, 2.45) is 11.8 Å². The number of nitrogens with zero attached hydrogens (tertiary/aromatic N) is 1. The monoisotopic (exact) mass is 372 g/mol. The summed E-state index contributed by atoms with van der Waals surface area (Å²) in [6.07, 6.45) is 0.753. The van der Waals surface area contributed by atoms with Gasteiger partial charge in [-0.25, -0.2) is 4.79 Å². The Bertz CT molecular complexity index is 567. The number of nitrogens with one attached hydrogen (secondary N) is 1. The molecule has 1 aromatic carbocycles. The standard InChI is InChI=1S/C19H27F3N2O2/c1-23-13-15-5-3-14(4-6-15)11-12-24(2)18(25)26-17-9-7-16(8-10-17)19(20,21)22/h7-10,14-15,23H,3-6,11-13H2,1-2H3/t14-,15-. The Balaban J connectivity index is 1.74. The molecule has 0 spiro atoms. The van der Waals surface area contributed by atoms with Crippen LogP contribution >= 0.6 is 0 Å². The summed E-state index contributed by atoms with van der Waals surface area (Å²) in [5.41, 5.74) is -0.764. The molecule has 1 fully saturated rings. The zero-order valence-electron chi connectivity index (χ0n) is 15.3. The number of hydrogen-bond acceptors (Lipinski definition) is 3. The molecule has 26 heavy (non-hydrogen) atoms. The van der Waals surface area contributed by atoms with Gasteiger partial charge in [0.2, 0.25) is 0 Å². The largest absolute Gasteiger partial charge is 0.416 e. The van der Waals surface area contributed by atoms with Crippen molar-refractivity contribution in [1.29, 1.82) is 0 Å². The van der Waals surface area contributed by atoms with E-state index in [4.69, 9.17) is 4.74 Å². The smallest absolute Gasteiger partial charge is 0.410 e. The maximum absolute atomic E-state index is 12.5. The lowest BCUT2D eigenvalue weighted by atomic mass is 9.80. The minimum Gasteiger partial charge on any atom is -0.410 e. The van der Waals surface area contributed by atoms with Crippen LogP contribution in [-0.4, -0.2) is 38.2 Å². The molecular formula is C19H27F3N2O2. The van der Waals surface area contributed by atoms with Crippen molar-refractivity contribution in [3.63, 3.8) is 0 Å². The van der Waals surface area contributed by atoms with Crippen molar-refractivity contribution in [2.75, 3.05) is 27.2 Å². The third kappa shape index (κ3) is 6.20. The lowest BCUT2D eigenvalue weighted by Crippen LogP contribution is -2.32. The van der Waals surface area contributed by atoms with Crippen LogP contribution in [0.1, 0.15) is 37.7 Å². The van der Waals surface area contributed by atoms with Crippen LogP contribution in [0, 0.1) is 11.8 Å². The van der Waals surface area contributed by atoms with Gasteiger partial charge in [-0.1, -0.05) is 12.8 Å². The fourth-order valence-corrected chi connectivity index (χ4v) is 3.37. The van der Waals surface area contributed by atoms with Crippen molar-refractivity contribution in [1.82, 2.24) is 10.2 Å². The molecule has 0 aromatic heterocycles. The van der Waals surface area contributed by atoms with Gasteiger partial charge >= 0.3 is 12.3 Å². The molecule has 0 heterocycles. The van der Waals surface area contributed by atoms with Crippen LogP contribution in [0.3, 0.4) is 0 Å². The molecule has 0 saturated heterocycles. The van der Waals surface area contributed by atoms with Gasteiger partial charge in [0, 0.05) is 13.6 Å². The van der Waals surface area contributed by atoms with Gasteiger partial charge in [0.15, 0.2) is 0 Å². The Morgan fingerprint density at radius 3 is 2.27 bits per heavy atom. The van der Waals surface area contributed by atoms with Crippen LogP contribution in [0.25, 0.3) is 0 Å². The van der Waals surface area contributed by atoms with Crippen LogP contribution in [0.5, 0.6) is 5.75 Å². The summed E-state index contributed by atoms with van der Waals surface area (Å²) < 4.78 is 42.7. The number of hydrogen-bond donors (Lipinski definition) is 1. The Hall–Kier alpha value is -1.76. The van der Waals surface area contributed by atoms with Crippen molar-refractivity contribution in [2.45, 2.75) is 38.3 Å². The first kappa shape index (κ1) is 20.6. The summed E-state index contributed by atoms with van der Waals surface area (Å²) in [4.78, 5) is 13.6. The van der Waals surface area contributed by atoms with E-state index in [2.05, 4.69) is 5.32 Å². The van der Waals surface area contributed by atoms with E-state index in [0.717, 1.165) is 43.1 Å². The molecule has 0 atom stereocenters. The van der Waals surface area contributed by atoms with Crippen LogP contribution in [0.15, 0.2) is 24.3 Å². The molecule has 0 bridgehead atoms. The second-order valence-electron chi connectivity index (χ2n) is 7.04. The van der Waals surface area contributed by atoms with E-state index in [1.54, 1.807) is 7.05 Å². The average Bonchev–Trinajstić information content (AvgIpc) is 2.60. The van der Waals surface area contributed by atoms with Gasteiger partial charge in [-0.3, -0.25) is 0 Å². The van der Waals surface area contributed by atoms with Crippen molar-refractivity contribution in [3.8, 4) is 5.75 Å². The van der Waals surface area contributed by atoms with Crippen LogP contribution in [0.2, 0.25) is 0 Å². The van der Waals surface area contributed by atoms with Crippen molar-refractivity contribution >= 4 is 6.09 Å². The quantitative estimate of drug-likeness (QED) is 0.796. The third-order valence-corrected chi connectivity index (χ3v) is 5.03. The molecule has 4 nitrogen and oxygen atoms in total. The zero-order chi connectivity index (χ0) is 19.2. The number of benzene rings is 1. The average molecular weight is 372 g/mol. The summed E-state index contributed by atoms with van der Waals surface area (Å²) in [5, 5.41) is 3.22. The summed E-state index contributed by atoms with van der Waals surface area (Å²) in [6.45, 7) is 1.65. The van der Waals surface area contributed by atoms with Gasteiger partial charge in [0.05, 0.1) is 5.56 Å². The highest BCUT2D eigenvalue weighted by Crippen LogP contribution is 2.31. The molecular weight excluding hydrogens is 345 g/mol. The first-order chi connectivity index (χ1) is 12.3. The fraction of sp³-hybridized carbons (Fsp3) is 0.632. The number of carbonyl (C=O) groups is 1. The van der Waals surface area contributed by atoms with Crippen molar-refractivity contribution < 1.29 is 22.7 Å². The maximum atomic E-state index is 12.5. The Morgan fingerprint density at radius 1 is 1.15 bits per heavy atom. The molecule has 1 amide bonds. The molecule has 1 N–H and O–H groups in total. The van der Waals surface area contributed by atoms with Crippen LogP contribution in [-0.2, 0) is 6.18 Å². The molecule has 0 radical (unpaired) electrons. The summed E-state index contributed by atoms with van der Waals surface area (Å²) >= 11 is 0. The molecule has 2 rings (SSSR count). The maximum Gasteiger partial charge on any atom is 0.416 e. The van der Waals surface area contributed by atoms with Gasteiger partial charge in [-0.2, -0.15) is 13.2 Å². The second kappa shape index (κ2) is 9.26. The number of carbonyl (C=O) groups excluding carboxylic acids is 1. The van der Waals surface area contributed by atoms with Crippen LogP contribution < -0.4 is 10.1 Å². The highest BCUT2D eigenvalue weighted by molar-refractivity contribution is 5.70. The highest BCUT2D eigenvalue weighted by Gasteiger charge is 2.30. The predicted octanol–water partition coefficient (Wildman–Crippen LogP) is 4.55. The lowest BCUT2D eigenvalue weighted by Gasteiger charge is -2.29. The van der Waals surface area contributed by atoms with Crippen LogP contribution in [0.4, 0.5) is 18.0 Å². The number of rotatable bonds is 6. The molecule has 0 aliphatic heterocycles. The summed E-state index contributed by atoms with van der Waals surface area (Å²) in [6, 6.07) is 4.15. The van der Waals surface area contributed by atoms with E-state index < -0.39 is 17.8 Å². The fourth-order valence-electron chi connectivity index (χ4n) is 3.37. The predicted molar refractivity (Wildman–Crippen MR) is 94.1 cm³/mol. The van der Waals surface area contributed by atoms with E-state index >= 15 is 0 Å². The van der Waals surface area contributed by atoms with Gasteiger partial charge < -0.3 is 15.0 Å². The van der Waals surface area contributed by atoms with E-state index in [1.165, 1.54) is 30.6 Å². The van der Waals surface area contributed by atoms with E-state index in [-0.39, 0.29) is 5.75 Å². The topological polar surface area (TPSA) is 41.6 Å². The number of amides is 1. The van der Waals surface area contributed by atoms with Gasteiger partial charge in [0.1, 0.15) is 5.75 Å². The molecule has 7 heteroatoms. The second-order valence-corrected chi connectivity index (χ2v) is 7.04. The van der Waals surface area contributed by atoms with Gasteiger partial charge in [0.25, 0.3) is 0 Å². The summed E-state index contributed by atoms with van der Waals surface area (Å²) in [7, 11) is 3.63. The van der Waals surface area contributed by atoms with E-state index in [1.807, 2.05) is 7.05 Å². The Labute approximate surface area is 152 Å². The molecule has 1 aromatic rings. The molecule has 0 unspecified atom stereocenters. The zero-order valence-corrected chi connectivity index (χ0v) is 15.3. The van der Waals surface area contributed by atoms with Gasteiger partial charge in [-0.05, 0) is 69.0 Å². The van der Waals surface area contributed by atoms with E-state index in [0.29, 0.717) is 12.5 Å². The highest BCUT2D eigenvalue weighted by atomic mass is 19.4. The minimum absolute atomic E-state index is 0.113. The molecule has 146 valence electrons.